The molecule has 0 saturated carbocycles. The molecule has 1 aromatic rings. The van der Waals surface area contributed by atoms with E-state index in [1.807, 2.05) is 47.4 Å². The Bertz CT molecular complexity index is 816. The van der Waals surface area contributed by atoms with Gasteiger partial charge in [0.15, 0.2) is 5.78 Å². The molecule has 4 heteroatoms. The molecule has 0 bridgehead atoms. The van der Waals surface area contributed by atoms with Crippen molar-refractivity contribution in [1.29, 1.82) is 0 Å². The van der Waals surface area contributed by atoms with Crippen molar-refractivity contribution in [2.24, 2.45) is 0 Å². The Morgan fingerprint density at radius 3 is 2.83 bits per heavy atom. The summed E-state index contributed by atoms with van der Waals surface area (Å²) in [7, 11) is 0. The molecule has 0 fully saturated rings. The zero-order valence-electron chi connectivity index (χ0n) is 13.4. The van der Waals surface area contributed by atoms with E-state index in [2.05, 4.69) is 0 Å². The van der Waals surface area contributed by atoms with E-state index < -0.39 is 0 Å². The van der Waals surface area contributed by atoms with Crippen LogP contribution in [0.4, 0.5) is 0 Å². The minimum atomic E-state index is -0.279. The van der Waals surface area contributed by atoms with Crippen LogP contribution in [0, 0.1) is 0 Å². The number of fused-ring (bicyclic) bond motifs is 4. The summed E-state index contributed by atoms with van der Waals surface area (Å²) in [5.74, 6) is 0.0389. The minimum absolute atomic E-state index is 0.00876. The Morgan fingerprint density at radius 1 is 1.17 bits per heavy atom. The highest BCUT2D eigenvalue weighted by molar-refractivity contribution is 6.18. The summed E-state index contributed by atoms with van der Waals surface area (Å²) in [6.07, 6.45) is 7.70. The van der Waals surface area contributed by atoms with Gasteiger partial charge in [0.1, 0.15) is 0 Å². The molecule has 3 aliphatic rings. The Kier molecular flexibility index (Phi) is 3.69. The highest BCUT2D eigenvalue weighted by Crippen LogP contribution is 2.48. The van der Waals surface area contributed by atoms with Crippen molar-refractivity contribution >= 4 is 11.7 Å². The predicted molar refractivity (Wildman–Crippen MR) is 90.4 cm³/mol. The second kappa shape index (κ2) is 5.87. The monoisotopic (exact) mass is 321 g/mol. The number of hydrogen-bond acceptors (Lipinski definition) is 3. The quantitative estimate of drug-likeness (QED) is 0.868. The Hall–Kier alpha value is -2.46. The van der Waals surface area contributed by atoms with E-state index in [9.17, 15) is 9.59 Å². The lowest BCUT2D eigenvalue weighted by Gasteiger charge is -2.37. The number of aliphatic hydroxyl groups excluding tert-OH is 1. The van der Waals surface area contributed by atoms with Crippen LogP contribution >= 0.6 is 0 Å². The number of benzene rings is 1. The number of carbonyl (C=O) groups is 2. The fourth-order valence-corrected chi connectivity index (χ4v) is 3.91. The maximum absolute atomic E-state index is 13.0. The molecule has 0 saturated heterocycles. The third-order valence-corrected chi connectivity index (χ3v) is 5.00. The third kappa shape index (κ3) is 2.10. The van der Waals surface area contributed by atoms with E-state index in [1.54, 1.807) is 0 Å². The number of allylic oxidation sites excluding steroid dienone is 3. The topological polar surface area (TPSA) is 57.6 Å². The summed E-state index contributed by atoms with van der Waals surface area (Å²) in [5, 5.41) is 9.05. The number of hydrogen-bond donors (Lipinski definition) is 1. The van der Waals surface area contributed by atoms with Crippen molar-refractivity contribution < 1.29 is 14.7 Å². The van der Waals surface area contributed by atoms with E-state index >= 15 is 0 Å². The van der Waals surface area contributed by atoms with Gasteiger partial charge in [-0.15, -0.1) is 0 Å². The number of unbranched alkanes of at least 4 members (excludes halogenated alkanes) is 1. The molecule has 1 aliphatic heterocycles. The van der Waals surface area contributed by atoms with Gasteiger partial charge in [0, 0.05) is 29.9 Å². The molecule has 1 N–H and O–H groups in total. The number of rotatable bonds is 4. The van der Waals surface area contributed by atoms with Gasteiger partial charge in [-0.1, -0.05) is 36.4 Å². The van der Waals surface area contributed by atoms with Gasteiger partial charge in [0.25, 0.3) is 5.91 Å². The molecular formula is C20H19NO3. The van der Waals surface area contributed by atoms with Crippen LogP contribution in [-0.2, 0) is 4.79 Å². The average molecular weight is 321 g/mol. The first-order chi connectivity index (χ1) is 11.7. The lowest BCUT2D eigenvalue weighted by atomic mass is 9.84. The Balaban J connectivity index is 1.86. The van der Waals surface area contributed by atoms with Crippen molar-refractivity contribution in [1.82, 2.24) is 4.90 Å². The van der Waals surface area contributed by atoms with E-state index in [0.29, 0.717) is 30.5 Å². The normalized spacial score (nSPS) is 21.6. The zero-order chi connectivity index (χ0) is 16.7. The van der Waals surface area contributed by atoms with Crippen LogP contribution in [0.2, 0.25) is 0 Å². The molecule has 0 radical (unpaired) electrons. The molecule has 1 unspecified atom stereocenters. The lowest BCUT2D eigenvalue weighted by molar-refractivity contribution is -0.129. The van der Waals surface area contributed by atoms with Crippen LogP contribution in [-0.4, -0.2) is 34.8 Å². The zero-order valence-corrected chi connectivity index (χ0v) is 13.4. The van der Waals surface area contributed by atoms with Crippen LogP contribution in [0.5, 0.6) is 0 Å². The highest BCUT2D eigenvalue weighted by Gasteiger charge is 2.46. The summed E-state index contributed by atoms with van der Waals surface area (Å²) < 4.78 is 0. The maximum Gasteiger partial charge on any atom is 0.254 e. The maximum atomic E-state index is 13.0. The molecule has 0 aromatic heterocycles. The fourth-order valence-electron chi connectivity index (χ4n) is 3.91. The molecule has 0 spiro atoms. The van der Waals surface area contributed by atoms with Crippen molar-refractivity contribution in [2.45, 2.75) is 25.3 Å². The Morgan fingerprint density at radius 2 is 2.00 bits per heavy atom. The van der Waals surface area contributed by atoms with Gasteiger partial charge in [0.05, 0.1) is 6.04 Å². The van der Waals surface area contributed by atoms with Gasteiger partial charge in [-0.05, 0) is 36.5 Å². The summed E-state index contributed by atoms with van der Waals surface area (Å²) in [6.45, 7) is 0.658. The van der Waals surface area contributed by atoms with Crippen LogP contribution in [0.15, 0.2) is 59.2 Å². The molecule has 1 atom stereocenters. The van der Waals surface area contributed by atoms with Gasteiger partial charge < -0.3 is 10.0 Å². The van der Waals surface area contributed by atoms with Gasteiger partial charge in [-0.2, -0.15) is 0 Å². The molecule has 4 rings (SSSR count). The molecular weight excluding hydrogens is 302 g/mol. The highest BCUT2D eigenvalue weighted by atomic mass is 16.3. The summed E-state index contributed by atoms with van der Waals surface area (Å²) in [4.78, 5) is 27.8. The van der Waals surface area contributed by atoms with E-state index in [4.69, 9.17) is 5.11 Å². The third-order valence-electron chi connectivity index (χ3n) is 5.00. The SMILES string of the molecule is O=C1C2=C3CC=CC=C3C(=O)N(CCCCO)C2c2ccccc21. The van der Waals surface area contributed by atoms with Crippen molar-refractivity contribution in [3.05, 3.63) is 70.3 Å². The van der Waals surface area contributed by atoms with Crippen LogP contribution < -0.4 is 0 Å². The Labute approximate surface area is 140 Å². The molecule has 1 heterocycles. The summed E-state index contributed by atoms with van der Waals surface area (Å²) in [6, 6.07) is 7.31. The van der Waals surface area contributed by atoms with Gasteiger partial charge >= 0.3 is 0 Å². The first-order valence-electron chi connectivity index (χ1n) is 8.39. The second-order valence-electron chi connectivity index (χ2n) is 6.35. The lowest BCUT2D eigenvalue weighted by Crippen LogP contribution is -2.41. The number of aliphatic hydroxyl groups is 1. The first kappa shape index (κ1) is 15.1. The predicted octanol–water partition coefficient (Wildman–Crippen LogP) is 2.72. The second-order valence-corrected chi connectivity index (χ2v) is 6.35. The van der Waals surface area contributed by atoms with Crippen molar-refractivity contribution in [3.63, 3.8) is 0 Å². The molecule has 4 nitrogen and oxygen atoms in total. The number of nitrogens with zero attached hydrogens (tertiary/aromatic N) is 1. The van der Waals surface area contributed by atoms with E-state index in [1.165, 1.54) is 0 Å². The molecule has 24 heavy (non-hydrogen) atoms. The van der Waals surface area contributed by atoms with Crippen LogP contribution in [0.3, 0.4) is 0 Å². The number of ketones is 1. The van der Waals surface area contributed by atoms with E-state index in [-0.39, 0.29) is 24.3 Å². The summed E-state index contributed by atoms with van der Waals surface area (Å²) in [5.41, 5.74) is 3.92. The fraction of sp³-hybridized carbons (Fsp3) is 0.300. The smallest absolute Gasteiger partial charge is 0.254 e. The molecule has 1 amide bonds. The largest absolute Gasteiger partial charge is 0.396 e. The first-order valence-corrected chi connectivity index (χ1v) is 8.39. The van der Waals surface area contributed by atoms with Crippen LogP contribution in [0.1, 0.15) is 41.2 Å². The summed E-state index contributed by atoms with van der Waals surface area (Å²) >= 11 is 0. The standard InChI is InChI=1S/C20H19NO3/c22-12-6-5-11-21-18-14-8-2-3-9-15(14)19(23)17(18)13-7-1-4-10-16(13)20(21)24/h1-4,8-10,18,22H,5-7,11-12H2. The number of amides is 1. The molecule has 1 aromatic carbocycles. The van der Waals surface area contributed by atoms with Crippen molar-refractivity contribution in [3.8, 4) is 0 Å². The number of carbonyl (C=O) groups excluding carboxylic acids is 2. The van der Waals surface area contributed by atoms with Gasteiger partial charge in [-0.25, -0.2) is 0 Å². The average Bonchev–Trinajstić information content (AvgIpc) is 2.91. The molecule has 2 aliphatic carbocycles. The number of Topliss-reactive ketones (excluding diaryl/α,β-unsaturated/α-hetero) is 1. The minimum Gasteiger partial charge on any atom is -0.396 e. The van der Waals surface area contributed by atoms with Gasteiger partial charge in [0.2, 0.25) is 0 Å². The van der Waals surface area contributed by atoms with Crippen molar-refractivity contribution in [2.75, 3.05) is 13.2 Å². The van der Waals surface area contributed by atoms with Gasteiger partial charge in [-0.3, -0.25) is 9.59 Å². The molecule has 122 valence electrons. The van der Waals surface area contributed by atoms with E-state index in [0.717, 1.165) is 23.1 Å². The van der Waals surface area contributed by atoms with Crippen LogP contribution in [0.25, 0.3) is 0 Å².